The van der Waals surface area contributed by atoms with Crippen LogP contribution in [0.4, 0.5) is 5.82 Å². The summed E-state index contributed by atoms with van der Waals surface area (Å²) in [7, 11) is 3.50. The fourth-order valence-electron chi connectivity index (χ4n) is 3.00. The molecule has 0 amide bonds. The molecule has 0 spiro atoms. The minimum Gasteiger partial charge on any atom is -0.398 e. The molecule has 0 saturated heterocycles. The molecule has 26 heavy (non-hydrogen) atoms. The lowest BCUT2D eigenvalue weighted by Gasteiger charge is -2.12. The first-order chi connectivity index (χ1) is 12.6. The standard InChI is InChI=1S/C19H29N7/c1-4-13-9-14(10-25-19(13)23-3)17(20)16(18(21)26-12-22-2)11-24-15-7-5-6-8-15/h9-12,15H,4-8,20H2,1-3H3,(H,23,25)(H2,21,22,26). The summed E-state index contributed by atoms with van der Waals surface area (Å²) in [4.78, 5) is 17.1. The molecular formula is C19H29N7. The zero-order valence-electron chi connectivity index (χ0n) is 15.9. The third-order valence-corrected chi connectivity index (χ3v) is 4.51. The van der Waals surface area contributed by atoms with E-state index in [0.29, 0.717) is 23.1 Å². The van der Waals surface area contributed by atoms with Crippen LogP contribution in [0, 0.1) is 0 Å². The molecule has 1 aliphatic carbocycles. The lowest BCUT2D eigenvalue weighted by atomic mass is 10.0. The molecule has 1 aliphatic rings. The molecule has 1 heterocycles. The van der Waals surface area contributed by atoms with E-state index in [1.54, 1.807) is 19.5 Å². The number of nitrogens with zero attached hydrogens (tertiary/aromatic N) is 4. The van der Waals surface area contributed by atoms with Crippen molar-refractivity contribution in [3.05, 3.63) is 29.0 Å². The summed E-state index contributed by atoms with van der Waals surface area (Å²) < 4.78 is 0. The van der Waals surface area contributed by atoms with Crippen LogP contribution in [0.5, 0.6) is 0 Å². The van der Waals surface area contributed by atoms with E-state index in [2.05, 4.69) is 32.2 Å². The zero-order valence-corrected chi connectivity index (χ0v) is 15.9. The second-order valence-electron chi connectivity index (χ2n) is 6.27. The fraction of sp³-hybridized carbons (Fsp3) is 0.474. The molecule has 1 fully saturated rings. The lowest BCUT2D eigenvalue weighted by Crippen LogP contribution is -2.21. The van der Waals surface area contributed by atoms with E-state index >= 15 is 0 Å². The maximum Gasteiger partial charge on any atom is 0.136 e. The maximum absolute atomic E-state index is 6.43. The van der Waals surface area contributed by atoms with Gasteiger partial charge in [0.25, 0.3) is 0 Å². The molecule has 1 aromatic rings. The molecule has 0 bridgehead atoms. The largest absolute Gasteiger partial charge is 0.398 e. The Bertz CT molecular complexity index is 725. The Balaban J connectivity index is 2.46. The van der Waals surface area contributed by atoms with Gasteiger partial charge in [-0.1, -0.05) is 19.8 Å². The van der Waals surface area contributed by atoms with Crippen LogP contribution in [-0.4, -0.2) is 43.5 Å². The zero-order chi connectivity index (χ0) is 18.9. The van der Waals surface area contributed by atoms with Crippen LogP contribution >= 0.6 is 0 Å². The van der Waals surface area contributed by atoms with E-state index in [0.717, 1.165) is 36.2 Å². The van der Waals surface area contributed by atoms with Gasteiger partial charge in [0.05, 0.1) is 11.3 Å². The van der Waals surface area contributed by atoms with Crippen LogP contribution in [-0.2, 0) is 6.42 Å². The molecule has 0 radical (unpaired) electrons. The Hall–Kier alpha value is -2.70. The highest BCUT2D eigenvalue weighted by molar-refractivity contribution is 6.21. The van der Waals surface area contributed by atoms with E-state index < -0.39 is 0 Å². The van der Waals surface area contributed by atoms with Crippen LogP contribution in [0.15, 0.2) is 32.8 Å². The predicted octanol–water partition coefficient (Wildman–Crippen LogP) is 2.38. The number of amidine groups is 1. The minimum atomic E-state index is 0.297. The molecule has 1 saturated carbocycles. The van der Waals surface area contributed by atoms with Crippen LogP contribution in [0.2, 0.25) is 0 Å². The van der Waals surface area contributed by atoms with Gasteiger partial charge in [-0.15, -0.1) is 0 Å². The second kappa shape index (κ2) is 9.70. The quantitative estimate of drug-likeness (QED) is 0.514. The average Bonchev–Trinajstić information content (AvgIpc) is 3.19. The van der Waals surface area contributed by atoms with Crippen LogP contribution in [0.25, 0.3) is 5.70 Å². The molecule has 140 valence electrons. The molecule has 7 heteroatoms. The molecule has 7 nitrogen and oxygen atoms in total. The van der Waals surface area contributed by atoms with Gasteiger partial charge in [0.1, 0.15) is 18.0 Å². The van der Waals surface area contributed by atoms with Gasteiger partial charge in [-0.3, -0.25) is 9.98 Å². The molecule has 0 aromatic carbocycles. The number of hydrogen-bond donors (Lipinski definition) is 3. The summed E-state index contributed by atoms with van der Waals surface area (Å²) in [5.74, 6) is 1.15. The van der Waals surface area contributed by atoms with E-state index in [-0.39, 0.29) is 0 Å². The van der Waals surface area contributed by atoms with Crippen LogP contribution in [0.1, 0.15) is 43.7 Å². The smallest absolute Gasteiger partial charge is 0.136 e. The summed E-state index contributed by atoms with van der Waals surface area (Å²) in [6, 6.07) is 2.36. The Labute approximate surface area is 155 Å². The highest BCUT2D eigenvalue weighted by Gasteiger charge is 2.15. The van der Waals surface area contributed by atoms with E-state index in [9.17, 15) is 0 Å². The summed E-state index contributed by atoms with van der Waals surface area (Å²) >= 11 is 0. The summed E-state index contributed by atoms with van der Waals surface area (Å²) in [5.41, 5.74) is 15.6. The number of aryl methyl sites for hydroxylation is 1. The number of rotatable bonds is 7. The molecule has 0 atom stereocenters. The van der Waals surface area contributed by atoms with Crippen LogP contribution in [0.3, 0.4) is 0 Å². The average molecular weight is 355 g/mol. The molecular weight excluding hydrogens is 326 g/mol. The van der Waals surface area contributed by atoms with Crippen molar-refractivity contribution >= 4 is 29.9 Å². The molecule has 2 rings (SSSR count). The minimum absolute atomic E-state index is 0.297. The highest BCUT2D eigenvalue weighted by Crippen LogP contribution is 2.22. The first-order valence-corrected chi connectivity index (χ1v) is 9.04. The molecule has 5 N–H and O–H groups in total. The number of aliphatic imine (C=N–C) groups is 3. The van der Waals surface area contributed by atoms with Gasteiger partial charge in [-0.2, -0.15) is 0 Å². The molecule has 0 aliphatic heterocycles. The van der Waals surface area contributed by atoms with E-state index in [4.69, 9.17) is 11.5 Å². The number of hydrogen-bond acceptors (Lipinski definition) is 5. The third-order valence-electron chi connectivity index (χ3n) is 4.51. The fourth-order valence-corrected chi connectivity index (χ4v) is 3.00. The third kappa shape index (κ3) is 4.91. The first kappa shape index (κ1) is 19.6. The van der Waals surface area contributed by atoms with Gasteiger partial charge in [-0.25, -0.2) is 9.98 Å². The summed E-state index contributed by atoms with van der Waals surface area (Å²) in [6.45, 7) is 2.08. The number of nitrogens with one attached hydrogen (secondary N) is 1. The SMILES string of the molecule is CCc1cc(C(N)=C(C=NC2CCCC2)C(N)=NC=NC)cnc1NC. The number of nitrogens with two attached hydrogens (primary N) is 2. The normalized spacial score (nSPS) is 17.3. The Morgan fingerprint density at radius 2 is 2.08 bits per heavy atom. The van der Waals surface area contributed by atoms with Crippen molar-refractivity contribution in [2.24, 2.45) is 26.4 Å². The summed E-state index contributed by atoms with van der Waals surface area (Å²) in [6.07, 6.45) is 10.4. The monoisotopic (exact) mass is 355 g/mol. The van der Waals surface area contributed by atoms with Crippen molar-refractivity contribution in [3.63, 3.8) is 0 Å². The van der Waals surface area contributed by atoms with Gasteiger partial charge in [0.15, 0.2) is 0 Å². The van der Waals surface area contributed by atoms with Gasteiger partial charge < -0.3 is 16.8 Å². The number of pyridine rings is 1. The van der Waals surface area contributed by atoms with E-state index in [1.165, 1.54) is 19.2 Å². The summed E-state index contributed by atoms with van der Waals surface area (Å²) in [5, 5.41) is 3.09. The Morgan fingerprint density at radius 1 is 1.35 bits per heavy atom. The van der Waals surface area contributed by atoms with Gasteiger partial charge in [-0.05, 0) is 30.9 Å². The molecule has 1 aromatic heterocycles. The number of aromatic nitrogens is 1. The Kier molecular flexibility index (Phi) is 7.32. The van der Waals surface area contributed by atoms with Crippen molar-refractivity contribution in [3.8, 4) is 0 Å². The number of anilines is 1. The van der Waals surface area contributed by atoms with Gasteiger partial charge >= 0.3 is 0 Å². The second-order valence-corrected chi connectivity index (χ2v) is 6.27. The predicted molar refractivity (Wildman–Crippen MR) is 111 cm³/mol. The first-order valence-electron chi connectivity index (χ1n) is 9.04. The molecule has 0 unspecified atom stereocenters. The van der Waals surface area contributed by atoms with Crippen molar-refractivity contribution in [2.45, 2.75) is 45.1 Å². The van der Waals surface area contributed by atoms with Gasteiger partial charge in [0, 0.05) is 38.1 Å². The van der Waals surface area contributed by atoms with Crippen LogP contribution < -0.4 is 16.8 Å². The lowest BCUT2D eigenvalue weighted by molar-refractivity contribution is 0.710. The highest BCUT2D eigenvalue weighted by atomic mass is 15.0. The van der Waals surface area contributed by atoms with Gasteiger partial charge in [0.2, 0.25) is 0 Å². The topological polar surface area (TPSA) is 114 Å². The van der Waals surface area contributed by atoms with Crippen molar-refractivity contribution in [1.29, 1.82) is 0 Å². The van der Waals surface area contributed by atoms with Crippen molar-refractivity contribution < 1.29 is 0 Å². The van der Waals surface area contributed by atoms with E-state index in [1.807, 2.05) is 13.1 Å². The van der Waals surface area contributed by atoms with Crippen molar-refractivity contribution in [2.75, 3.05) is 19.4 Å². The Morgan fingerprint density at radius 3 is 2.69 bits per heavy atom. The van der Waals surface area contributed by atoms with Crippen molar-refractivity contribution in [1.82, 2.24) is 4.98 Å². The maximum atomic E-state index is 6.43.